The summed E-state index contributed by atoms with van der Waals surface area (Å²) in [6.07, 6.45) is 0. The lowest BCUT2D eigenvalue weighted by molar-refractivity contribution is 0.235. The highest BCUT2D eigenvalue weighted by Crippen LogP contribution is 1.85. The highest BCUT2D eigenvalue weighted by molar-refractivity contribution is 5.21. The summed E-state index contributed by atoms with van der Waals surface area (Å²) >= 11 is 0. The van der Waals surface area contributed by atoms with Gasteiger partial charge in [0.1, 0.15) is 5.76 Å². The molecule has 8 heavy (non-hydrogen) atoms. The van der Waals surface area contributed by atoms with Crippen molar-refractivity contribution in [3.05, 3.63) is 12.3 Å². The van der Waals surface area contributed by atoms with Gasteiger partial charge in [-0.15, -0.1) is 0 Å². The zero-order chi connectivity index (χ0) is 6.99. The maximum absolute atomic E-state index is 4.36. The predicted octanol–water partition coefficient (Wildman–Crippen LogP) is 2.18. The molecule has 0 aromatic rings. The normalized spacial score (nSPS) is 5.88. The van der Waals surface area contributed by atoms with E-state index in [1.807, 2.05) is 13.8 Å². The maximum Gasteiger partial charge on any atom is 0.124 e. The molecule has 0 radical (unpaired) electrons. The molecule has 0 aliphatic heterocycles. The number of allylic oxidation sites excluding steroid dienone is 1. The van der Waals surface area contributed by atoms with Crippen molar-refractivity contribution < 1.29 is 4.84 Å². The Bertz CT molecular complexity index is 68.9. The van der Waals surface area contributed by atoms with Crippen LogP contribution in [0.25, 0.3) is 0 Å². The van der Waals surface area contributed by atoms with Crippen LogP contribution in [0.1, 0.15) is 20.8 Å². The van der Waals surface area contributed by atoms with Crippen LogP contribution in [0.2, 0.25) is 0 Å². The topological polar surface area (TPSA) is 21.6 Å². The molecule has 0 N–H and O–H groups in total. The molecule has 0 aromatic heterocycles. The molecule has 0 aromatic carbocycles. The summed E-state index contributed by atoms with van der Waals surface area (Å²) in [5.74, 6) is 0.560. The monoisotopic (exact) mass is 115 g/mol. The first kappa shape index (κ1) is 10.2. The van der Waals surface area contributed by atoms with Crippen LogP contribution in [0.15, 0.2) is 17.5 Å². The number of hydrogen-bond donors (Lipinski definition) is 0. The Labute approximate surface area is 50.8 Å². The smallest absolute Gasteiger partial charge is 0.124 e. The van der Waals surface area contributed by atoms with E-state index in [1.165, 1.54) is 0 Å². The predicted molar refractivity (Wildman–Crippen MR) is 36.8 cm³/mol. The van der Waals surface area contributed by atoms with Crippen LogP contribution >= 0.6 is 0 Å². The van der Waals surface area contributed by atoms with E-state index >= 15 is 0 Å². The molecule has 2 heteroatoms. The van der Waals surface area contributed by atoms with Gasteiger partial charge in [0.25, 0.3) is 0 Å². The lowest BCUT2D eigenvalue weighted by Crippen LogP contribution is -1.69. The van der Waals surface area contributed by atoms with Gasteiger partial charge in [-0.05, 0) is 6.92 Å². The lowest BCUT2D eigenvalue weighted by Gasteiger charge is -1.87. The van der Waals surface area contributed by atoms with Gasteiger partial charge in [0, 0.05) is 6.72 Å². The van der Waals surface area contributed by atoms with Crippen molar-refractivity contribution in [3.8, 4) is 0 Å². The van der Waals surface area contributed by atoms with Crippen LogP contribution in [0.4, 0.5) is 0 Å². The van der Waals surface area contributed by atoms with Gasteiger partial charge in [-0.25, -0.2) is 0 Å². The molecular weight excluding hydrogens is 102 g/mol. The Morgan fingerprint density at radius 3 is 1.88 bits per heavy atom. The third kappa shape index (κ3) is 18.9. The molecule has 0 saturated carbocycles. The minimum atomic E-state index is 0.560. The number of hydrogen-bond acceptors (Lipinski definition) is 2. The fourth-order valence-corrected chi connectivity index (χ4v) is 0.110. The Hall–Kier alpha value is -0.790. The van der Waals surface area contributed by atoms with E-state index in [2.05, 4.69) is 23.3 Å². The van der Waals surface area contributed by atoms with Crippen LogP contribution < -0.4 is 0 Å². The van der Waals surface area contributed by atoms with Gasteiger partial charge in [-0.2, -0.15) is 0 Å². The van der Waals surface area contributed by atoms with E-state index < -0.39 is 0 Å². The van der Waals surface area contributed by atoms with Crippen LogP contribution in [0.5, 0.6) is 0 Å². The molecule has 0 saturated heterocycles. The fourth-order valence-electron chi connectivity index (χ4n) is 0.110. The van der Waals surface area contributed by atoms with Gasteiger partial charge in [-0.3, -0.25) is 0 Å². The van der Waals surface area contributed by atoms with Gasteiger partial charge in [0.05, 0.1) is 0 Å². The van der Waals surface area contributed by atoms with Crippen molar-refractivity contribution in [2.75, 3.05) is 0 Å². The molecule has 0 heterocycles. The van der Waals surface area contributed by atoms with E-state index in [1.54, 1.807) is 6.92 Å². The fraction of sp³-hybridized carbons (Fsp3) is 0.500. The molecule has 0 amide bonds. The largest absolute Gasteiger partial charge is 0.363 e. The average Bonchev–Trinajstić information content (AvgIpc) is 1.72. The van der Waals surface area contributed by atoms with Crippen LogP contribution in [0, 0.1) is 0 Å². The second kappa shape index (κ2) is 9.51. The van der Waals surface area contributed by atoms with Crippen molar-refractivity contribution >= 4 is 6.72 Å². The Morgan fingerprint density at radius 2 is 1.88 bits per heavy atom. The first-order valence-electron chi connectivity index (χ1n) is 2.56. The van der Waals surface area contributed by atoms with Crippen LogP contribution in [0.3, 0.4) is 0 Å². The summed E-state index contributed by atoms with van der Waals surface area (Å²) in [5.41, 5.74) is 0. The molecule has 0 aliphatic rings. The zero-order valence-electron chi connectivity index (χ0n) is 5.77. The molecule has 0 spiro atoms. The second-order valence-corrected chi connectivity index (χ2v) is 0.922. The molecule has 2 nitrogen and oxygen atoms in total. The summed E-state index contributed by atoms with van der Waals surface area (Å²) in [7, 11) is 0. The molecule has 0 atom stereocenters. The molecule has 0 bridgehead atoms. The molecule has 0 aliphatic carbocycles. The van der Waals surface area contributed by atoms with Gasteiger partial charge in [0.15, 0.2) is 0 Å². The first-order chi connectivity index (χ1) is 3.77. The summed E-state index contributed by atoms with van der Waals surface area (Å²) in [6.45, 7) is 12.2. The van der Waals surface area contributed by atoms with E-state index in [4.69, 9.17) is 0 Å². The minimum Gasteiger partial charge on any atom is -0.363 e. The molecule has 48 valence electrons. The van der Waals surface area contributed by atoms with Gasteiger partial charge < -0.3 is 4.84 Å². The third-order valence-electron chi connectivity index (χ3n) is 0.220. The first-order valence-corrected chi connectivity index (χ1v) is 2.56. The molecule has 0 rings (SSSR count). The van der Waals surface area contributed by atoms with Crippen LogP contribution in [-0.4, -0.2) is 6.72 Å². The third-order valence-corrected chi connectivity index (χ3v) is 0.220. The minimum absolute atomic E-state index is 0.560. The average molecular weight is 115 g/mol. The van der Waals surface area contributed by atoms with E-state index in [0.717, 1.165) is 0 Å². The zero-order valence-corrected chi connectivity index (χ0v) is 5.77. The summed E-state index contributed by atoms with van der Waals surface area (Å²) in [6, 6.07) is 0. The van der Waals surface area contributed by atoms with Crippen LogP contribution in [-0.2, 0) is 4.84 Å². The molecule has 0 unspecified atom stereocenters. The summed E-state index contributed by atoms with van der Waals surface area (Å²) < 4.78 is 0. The highest BCUT2D eigenvalue weighted by Gasteiger charge is 1.71. The SMILES string of the molecule is C=NOC(=C)C.CC. The van der Waals surface area contributed by atoms with E-state index in [9.17, 15) is 0 Å². The molecule has 0 fully saturated rings. The highest BCUT2D eigenvalue weighted by atomic mass is 16.6. The Kier molecular flexibility index (Phi) is 12.2. The van der Waals surface area contributed by atoms with Gasteiger partial charge >= 0.3 is 0 Å². The van der Waals surface area contributed by atoms with Crippen molar-refractivity contribution in [2.24, 2.45) is 5.16 Å². The maximum atomic E-state index is 4.36. The quantitative estimate of drug-likeness (QED) is 0.307. The van der Waals surface area contributed by atoms with Crippen molar-refractivity contribution in [1.82, 2.24) is 0 Å². The number of nitrogens with zero attached hydrogens (tertiary/aromatic N) is 1. The molecular formula is C6H13NO. The Morgan fingerprint density at radius 1 is 1.50 bits per heavy atom. The van der Waals surface area contributed by atoms with Gasteiger partial charge in [0.2, 0.25) is 0 Å². The lowest BCUT2D eigenvalue weighted by atomic mass is 10.7. The van der Waals surface area contributed by atoms with Crippen molar-refractivity contribution in [1.29, 1.82) is 0 Å². The van der Waals surface area contributed by atoms with Crippen molar-refractivity contribution in [3.63, 3.8) is 0 Å². The number of oxime groups is 1. The second-order valence-electron chi connectivity index (χ2n) is 0.922. The van der Waals surface area contributed by atoms with E-state index in [0.29, 0.717) is 5.76 Å². The summed E-state index contributed by atoms with van der Waals surface area (Å²) in [4.78, 5) is 4.36. The number of rotatable bonds is 2. The van der Waals surface area contributed by atoms with Gasteiger partial charge in [-0.1, -0.05) is 25.6 Å². The summed E-state index contributed by atoms with van der Waals surface area (Å²) in [5, 5.41) is 3.09. The Balaban J connectivity index is 0. The van der Waals surface area contributed by atoms with Crippen molar-refractivity contribution in [2.45, 2.75) is 20.8 Å². The standard InChI is InChI=1S/C4H7NO.C2H6/c1-4(2)6-5-3;1-2/h1,3H2,2H3;1-2H3. The van der Waals surface area contributed by atoms with E-state index in [-0.39, 0.29) is 0 Å².